The Hall–Kier alpha value is -3.47. The number of carbonyl (C=O) groups excluding carboxylic acids is 1. The van der Waals surface area contributed by atoms with Crippen molar-refractivity contribution in [3.8, 4) is 11.4 Å². The van der Waals surface area contributed by atoms with Crippen molar-refractivity contribution in [2.75, 3.05) is 0 Å². The fraction of sp³-hybridized carbons (Fsp3) is 0.200. The lowest BCUT2D eigenvalue weighted by molar-refractivity contribution is -0.159. The molecule has 3 rings (SSSR count). The van der Waals surface area contributed by atoms with Crippen LogP contribution in [0.15, 0.2) is 52.1 Å². The molecule has 12 heteroatoms. The van der Waals surface area contributed by atoms with Gasteiger partial charge >= 0.3 is 12.1 Å². The SMILES string of the molecule is CC(/C=N\OCc1ccc(F)cc1Cl)NC(=O)c1cccc(-c2noc(C(F)(F)F)n2)c1. The molecule has 0 saturated heterocycles. The number of rotatable bonds is 7. The third kappa shape index (κ3) is 6.03. The van der Waals surface area contributed by atoms with Crippen LogP contribution < -0.4 is 5.32 Å². The topological polar surface area (TPSA) is 89.6 Å². The second-order valence-electron chi connectivity index (χ2n) is 6.53. The van der Waals surface area contributed by atoms with Gasteiger partial charge in [-0.05, 0) is 31.2 Å². The molecular formula is C20H15ClF4N4O3. The van der Waals surface area contributed by atoms with E-state index in [0.717, 1.165) is 6.07 Å². The zero-order chi connectivity index (χ0) is 23.3. The highest BCUT2D eigenvalue weighted by molar-refractivity contribution is 6.31. The van der Waals surface area contributed by atoms with Gasteiger partial charge < -0.3 is 14.7 Å². The maximum absolute atomic E-state index is 13.0. The van der Waals surface area contributed by atoms with Crippen LogP contribution in [0, 0.1) is 5.82 Å². The molecule has 3 aromatic rings. The molecule has 1 heterocycles. The minimum absolute atomic E-state index is 0.00292. The van der Waals surface area contributed by atoms with E-state index in [-0.39, 0.29) is 28.6 Å². The van der Waals surface area contributed by atoms with E-state index in [0.29, 0.717) is 5.56 Å². The highest BCUT2D eigenvalue weighted by Crippen LogP contribution is 2.29. The molecule has 1 atom stereocenters. The van der Waals surface area contributed by atoms with Gasteiger partial charge in [0.25, 0.3) is 5.91 Å². The van der Waals surface area contributed by atoms with E-state index in [1.54, 1.807) is 6.92 Å². The fourth-order valence-electron chi connectivity index (χ4n) is 2.46. The summed E-state index contributed by atoms with van der Waals surface area (Å²) in [6, 6.07) is 9.04. The van der Waals surface area contributed by atoms with Crippen molar-refractivity contribution in [3.05, 3.63) is 70.3 Å². The van der Waals surface area contributed by atoms with E-state index in [1.807, 2.05) is 0 Å². The Balaban J connectivity index is 1.57. The van der Waals surface area contributed by atoms with Gasteiger partial charge in [-0.1, -0.05) is 40.1 Å². The predicted molar refractivity (Wildman–Crippen MR) is 106 cm³/mol. The quantitative estimate of drug-likeness (QED) is 0.302. The number of alkyl halides is 3. The largest absolute Gasteiger partial charge is 0.471 e. The molecule has 0 aliphatic heterocycles. The minimum Gasteiger partial charge on any atom is -0.391 e. The van der Waals surface area contributed by atoms with Crippen molar-refractivity contribution in [1.29, 1.82) is 0 Å². The zero-order valence-corrected chi connectivity index (χ0v) is 17.1. The van der Waals surface area contributed by atoms with Crippen molar-refractivity contribution in [1.82, 2.24) is 15.5 Å². The summed E-state index contributed by atoms with van der Waals surface area (Å²) in [5, 5.41) is 9.86. The van der Waals surface area contributed by atoms with E-state index in [9.17, 15) is 22.4 Å². The number of hydrogen-bond acceptors (Lipinski definition) is 6. The predicted octanol–water partition coefficient (Wildman–Crippen LogP) is 4.87. The second-order valence-corrected chi connectivity index (χ2v) is 6.93. The van der Waals surface area contributed by atoms with Gasteiger partial charge in [0.05, 0.1) is 17.3 Å². The summed E-state index contributed by atoms with van der Waals surface area (Å²) >= 11 is 5.89. The number of halogens is 5. The van der Waals surface area contributed by atoms with Crippen LogP contribution in [-0.4, -0.2) is 28.3 Å². The maximum Gasteiger partial charge on any atom is 0.471 e. The minimum atomic E-state index is -4.76. The van der Waals surface area contributed by atoms with E-state index in [2.05, 4.69) is 25.1 Å². The van der Waals surface area contributed by atoms with Crippen LogP contribution in [0.5, 0.6) is 0 Å². The fourth-order valence-corrected chi connectivity index (χ4v) is 2.68. The summed E-state index contributed by atoms with van der Waals surface area (Å²) < 4.78 is 55.1. The molecule has 2 aromatic carbocycles. The van der Waals surface area contributed by atoms with Crippen molar-refractivity contribution in [2.24, 2.45) is 5.16 Å². The molecule has 1 N–H and O–H groups in total. The standard InChI is InChI=1S/C20H15ClF4N4O3/c1-11(9-26-31-10-14-5-6-15(22)8-16(14)21)27-18(30)13-4-2-3-12(7-13)17-28-19(32-29-17)20(23,24)25/h2-9,11H,10H2,1H3,(H,27,30)/b26-9-. The number of carbonyl (C=O) groups is 1. The third-order valence-corrected chi connectivity index (χ3v) is 4.36. The van der Waals surface area contributed by atoms with Crippen LogP contribution in [-0.2, 0) is 17.6 Å². The molecule has 0 radical (unpaired) electrons. The van der Waals surface area contributed by atoms with E-state index >= 15 is 0 Å². The van der Waals surface area contributed by atoms with Crippen molar-refractivity contribution < 1.29 is 31.7 Å². The second kappa shape index (κ2) is 9.77. The van der Waals surface area contributed by atoms with Gasteiger partial charge in [-0.15, -0.1) is 0 Å². The average molecular weight is 471 g/mol. The molecule has 168 valence electrons. The Morgan fingerprint density at radius 1 is 1.31 bits per heavy atom. The van der Waals surface area contributed by atoms with Gasteiger partial charge in [0.1, 0.15) is 12.4 Å². The molecule has 1 unspecified atom stereocenters. The Kier molecular flexibility index (Phi) is 7.08. The van der Waals surface area contributed by atoms with E-state index in [1.165, 1.54) is 42.6 Å². The molecule has 0 spiro atoms. The molecule has 1 aromatic heterocycles. The van der Waals surface area contributed by atoms with E-state index in [4.69, 9.17) is 16.4 Å². The molecule has 32 heavy (non-hydrogen) atoms. The number of benzene rings is 2. The number of oxime groups is 1. The number of nitrogens with one attached hydrogen (secondary N) is 1. The first-order chi connectivity index (χ1) is 15.1. The van der Waals surface area contributed by atoms with Gasteiger partial charge in [-0.25, -0.2) is 4.39 Å². The lowest BCUT2D eigenvalue weighted by atomic mass is 10.1. The highest BCUT2D eigenvalue weighted by Gasteiger charge is 2.38. The van der Waals surface area contributed by atoms with Gasteiger partial charge in [0.2, 0.25) is 5.82 Å². The van der Waals surface area contributed by atoms with Crippen LogP contribution in [0.1, 0.15) is 28.7 Å². The number of aromatic nitrogens is 2. The lowest BCUT2D eigenvalue weighted by Gasteiger charge is -2.10. The number of amides is 1. The summed E-state index contributed by atoms with van der Waals surface area (Å²) in [5.74, 6) is -2.75. The van der Waals surface area contributed by atoms with Crippen LogP contribution in [0.25, 0.3) is 11.4 Å². The molecule has 1 amide bonds. The lowest BCUT2D eigenvalue weighted by Crippen LogP contribution is -2.33. The van der Waals surface area contributed by atoms with Gasteiger partial charge in [-0.2, -0.15) is 18.2 Å². The normalized spacial score (nSPS) is 12.7. The molecule has 0 aliphatic rings. The molecular weight excluding hydrogens is 456 g/mol. The smallest absolute Gasteiger partial charge is 0.391 e. The van der Waals surface area contributed by atoms with Crippen LogP contribution in [0.3, 0.4) is 0 Å². The first-order valence-corrected chi connectivity index (χ1v) is 9.43. The summed E-state index contributed by atoms with van der Waals surface area (Å²) in [7, 11) is 0. The van der Waals surface area contributed by atoms with Crippen LogP contribution in [0.2, 0.25) is 5.02 Å². The molecule has 7 nitrogen and oxygen atoms in total. The van der Waals surface area contributed by atoms with Crippen molar-refractivity contribution in [2.45, 2.75) is 25.7 Å². The van der Waals surface area contributed by atoms with Crippen molar-refractivity contribution in [3.63, 3.8) is 0 Å². The first kappa shape index (κ1) is 23.2. The zero-order valence-electron chi connectivity index (χ0n) is 16.4. The Morgan fingerprint density at radius 3 is 2.78 bits per heavy atom. The first-order valence-electron chi connectivity index (χ1n) is 9.05. The number of hydrogen-bond donors (Lipinski definition) is 1. The maximum atomic E-state index is 13.0. The third-order valence-electron chi connectivity index (χ3n) is 4.00. The molecule has 0 bridgehead atoms. The van der Waals surface area contributed by atoms with Crippen LogP contribution in [0.4, 0.5) is 17.6 Å². The highest BCUT2D eigenvalue weighted by atomic mass is 35.5. The Morgan fingerprint density at radius 2 is 2.09 bits per heavy atom. The summed E-state index contributed by atoms with van der Waals surface area (Å²) in [5.41, 5.74) is 0.881. The van der Waals surface area contributed by atoms with E-state index < -0.39 is 29.8 Å². The number of nitrogens with zero attached hydrogens (tertiary/aromatic N) is 3. The van der Waals surface area contributed by atoms with Gasteiger partial charge in [0, 0.05) is 16.7 Å². The Bertz CT molecular complexity index is 1130. The average Bonchev–Trinajstić information content (AvgIpc) is 3.23. The monoisotopic (exact) mass is 470 g/mol. The summed E-state index contributed by atoms with van der Waals surface area (Å²) in [6.45, 7) is 1.64. The Labute approximate surface area is 184 Å². The molecule has 0 aliphatic carbocycles. The summed E-state index contributed by atoms with van der Waals surface area (Å²) in [6.07, 6.45) is -3.44. The molecule has 0 saturated carbocycles. The summed E-state index contributed by atoms with van der Waals surface area (Å²) in [4.78, 5) is 20.8. The van der Waals surface area contributed by atoms with Gasteiger partial charge in [0.15, 0.2) is 0 Å². The molecule has 0 fully saturated rings. The van der Waals surface area contributed by atoms with Crippen molar-refractivity contribution >= 4 is 23.7 Å². The van der Waals surface area contributed by atoms with Gasteiger partial charge in [-0.3, -0.25) is 4.79 Å². The van der Waals surface area contributed by atoms with Crippen LogP contribution >= 0.6 is 11.6 Å².